The zero-order valence-corrected chi connectivity index (χ0v) is 23.0. The van der Waals surface area contributed by atoms with Gasteiger partial charge in [0.2, 0.25) is 0 Å². The summed E-state index contributed by atoms with van der Waals surface area (Å²) in [7, 11) is 0. The van der Waals surface area contributed by atoms with Crippen molar-refractivity contribution >= 4 is 5.97 Å². The average molecular weight is 542 g/mol. The van der Waals surface area contributed by atoms with E-state index in [-0.39, 0.29) is 0 Å². The average Bonchev–Trinajstić information content (AvgIpc) is 3.38. The van der Waals surface area contributed by atoms with E-state index in [1.165, 1.54) is 11.1 Å². The first-order chi connectivity index (χ1) is 18.6. The summed E-state index contributed by atoms with van der Waals surface area (Å²) in [6, 6.07) is 20.8. The second-order valence-electron chi connectivity index (χ2n) is 11.3. The molecule has 0 spiro atoms. The van der Waals surface area contributed by atoms with Crippen LogP contribution in [0.3, 0.4) is 0 Å². The summed E-state index contributed by atoms with van der Waals surface area (Å²) in [6.07, 6.45) is -3.29. The van der Waals surface area contributed by atoms with E-state index < -0.39 is 60.8 Å². The summed E-state index contributed by atoms with van der Waals surface area (Å²) in [5, 5.41) is 9.26. The summed E-state index contributed by atoms with van der Waals surface area (Å²) < 4.78 is 37.4. The predicted molar refractivity (Wildman–Crippen MR) is 142 cm³/mol. The van der Waals surface area contributed by atoms with Crippen LogP contribution in [0.15, 0.2) is 60.7 Å². The highest BCUT2D eigenvalue weighted by atomic mass is 16.8. The molecular weight excluding hydrogens is 502 g/mol. The lowest BCUT2D eigenvalue weighted by Gasteiger charge is -2.42. The number of carboxylic acids is 1. The van der Waals surface area contributed by atoms with Gasteiger partial charge >= 0.3 is 5.97 Å². The van der Waals surface area contributed by atoms with Crippen molar-refractivity contribution in [3.63, 3.8) is 0 Å². The van der Waals surface area contributed by atoms with Gasteiger partial charge in [-0.3, -0.25) is 4.90 Å². The molecule has 0 amide bonds. The van der Waals surface area contributed by atoms with Crippen molar-refractivity contribution in [2.75, 3.05) is 19.8 Å². The first-order valence-corrected chi connectivity index (χ1v) is 13.6. The van der Waals surface area contributed by atoms with Crippen molar-refractivity contribution in [1.29, 1.82) is 0 Å². The SMILES string of the molecule is CC1(C)O[C@@H]2C(OCCN(Cc3ccccc3)Cc3ccccc3)[C@@H]3OC(C)(C)O[C@H]3C(OCC(=O)O)[C@H]2O1. The molecule has 0 bridgehead atoms. The minimum atomic E-state index is -1.06. The molecule has 1 N–H and O–H groups in total. The molecule has 9 heteroatoms. The number of rotatable bonds is 11. The predicted octanol–water partition coefficient (Wildman–Crippen LogP) is 3.60. The molecule has 2 heterocycles. The van der Waals surface area contributed by atoms with Crippen LogP contribution in [0.25, 0.3) is 0 Å². The second kappa shape index (κ2) is 11.6. The number of hydrogen-bond acceptors (Lipinski definition) is 8. The van der Waals surface area contributed by atoms with Crippen LogP contribution in [0.5, 0.6) is 0 Å². The van der Waals surface area contributed by atoms with Gasteiger partial charge in [-0.05, 0) is 38.8 Å². The van der Waals surface area contributed by atoms with Crippen molar-refractivity contribution in [3.8, 4) is 0 Å². The van der Waals surface area contributed by atoms with E-state index in [9.17, 15) is 9.90 Å². The summed E-state index contributed by atoms with van der Waals surface area (Å²) in [5.41, 5.74) is 2.46. The topological polar surface area (TPSA) is 95.9 Å². The Morgan fingerprint density at radius 3 is 1.56 bits per heavy atom. The van der Waals surface area contributed by atoms with Crippen molar-refractivity contribution in [3.05, 3.63) is 71.8 Å². The van der Waals surface area contributed by atoms with Gasteiger partial charge < -0.3 is 33.5 Å². The van der Waals surface area contributed by atoms with Gasteiger partial charge in [0.05, 0.1) is 6.61 Å². The maximum absolute atomic E-state index is 11.3. The molecule has 3 fully saturated rings. The van der Waals surface area contributed by atoms with Gasteiger partial charge in [0.1, 0.15) is 43.2 Å². The maximum Gasteiger partial charge on any atom is 0.329 e. The van der Waals surface area contributed by atoms with Crippen LogP contribution in [0.2, 0.25) is 0 Å². The number of nitrogens with zero attached hydrogens (tertiary/aromatic N) is 1. The molecule has 2 aromatic rings. The molecule has 9 nitrogen and oxygen atoms in total. The zero-order valence-electron chi connectivity index (χ0n) is 23.0. The highest BCUT2D eigenvalue weighted by molar-refractivity contribution is 5.68. The smallest absolute Gasteiger partial charge is 0.329 e. The van der Waals surface area contributed by atoms with Crippen molar-refractivity contribution in [2.45, 2.75) is 89.0 Å². The third-order valence-corrected chi connectivity index (χ3v) is 7.24. The Kier molecular flexibility index (Phi) is 8.40. The van der Waals surface area contributed by atoms with Gasteiger partial charge in [-0.1, -0.05) is 60.7 Å². The monoisotopic (exact) mass is 541 g/mol. The molecule has 3 aliphatic rings. The Labute approximate surface area is 229 Å². The summed E-state index contributed by atoms with van der Waals surface area (Å²) in [5.74, 6) is -2.83. The van der Waals surface area contributed by atoms with Gasteiger partial charge in [-0.2, -0.15) is 0 Å². The number of carboxylic acid groups (broad SMARTS) is 1. The van der Waals surface area contributed by atoms with Gasteiger partial charge in [-0.15, -0.1) is 0 Å². The third-order valence-electron chi connectivity index (χ3n) is 7.24. The number of benzene rings is 2. The Morgan fingerprint density at radius 1 is 0.744 bits per heavy atom. The molecular formula is C30H39NO8. The molecule has 1 saturated carbocycles. The van der Waals surface area contributed by atoms with Crippen LogP contribution in [0.1, 0.15) is 38.8 Å². The lowest BCUT2D eigenvalue weighted by molar-refractivity contribution is -0.191. The molecule has 1 aliphatic carbocycles. The standard InChI is InChI=1S/C30H39NO8/c1-29(2)36-25-23(26-28(39-30(3,4)37-26)24(27(25)38-29)35-19-22(32)33)34-16-15-31(17-20-11-7-5-8-12-20)18-21-13-9-6-10-14-21/h5-14,23-28H,15-19H2,1-4H3,(H,32,33)/t23?,24?,25-,26+,27-,28+. The highest BCUT2D eigenvalue weighted by Crippen LogP contribution is 2.46. The molecule has 2 unspecified atom stereocenters. The van der Waals surface area contributed by atoms with E-state index in [1.54, 1.807) is 0 Å². The molecule has 2 saturated heterocycles. The third kappa shape index (κ3) is 6.86. The molecule has 5 rings (SSSR count). The maximum atomic E-state index is 11.3. The van der Waals surface area contributed by atoms with Crippen molar-refractivity contribution in [1.82, 2.24) is 4.90 Å². The van der Waals surface area contributed by atoms with E-state index in [2.05, 4.69) is 53.4 Å². The van der Waals surface area contributed by atoms with Gasteiger partial charge in [0, 0.05) is 19.6 Å². The summed E-state index contributed by atoms with van der Waals surface area (Å²) >= 11 is 0. The molecule has 2 aromatic carbocycles. The Balaban J connectivity index is 1.32. The molecule has 0 aromatic heterocycles. The Hall–Kier alpha value is -2.37. The first kappa shape index (κ1) is 28.2. The van der Waals surface area contributed by atoms with Crippen LogP contribution in [0.4, 0.5) is 0 Å². The number of ether oxygens (including phenoxy) is 6. The molecule has 2 aliphatic heterocycles. The number of carbonyl (C=O) groups is 1. The minimum absolute atomic E-state index is 0.436. The second-order valence-corrected chi connectivity index (χ2v) is 11.3. The number of hydrogen-bond donors (Lipinski definition) is 1. The van der Waals surface area contributed by atoms with Crippen LogP contribution >= 0.6 is 0 Å². The van der Waals surface area contributed by atoms with Crippen LogP contribution in [0, 0.1) is 0 Å². The van der Waals surface area contributed by atoms with Crippen LogP contribution < -0.4 is 0 Å². The fraction of sp³-hybridized carbons (Fsp3) is 0.567. The molecule has 212 valence electrons. The summed E-state index contributed by atoms with van der Waals surface area (Å²) in [4.78, 5) is 13.7. The largest absolute Gasteiger partial charge is 0.480 e. The summed E-state index contributed by atoms with van der Waals surface area (Å²) in [6.45, 7) is 9.55. The normalized spacial score (nSPS) is 30.7. The highest BCUT2D eigenvalue weighted by Gasteiger charge is 2.64. The number of fused-ring (bicyclic) bond motifs is 2. The van der Waals surface area contributed by atoms with Crippen molar-refractivity contribution in [2.24, 2.45) is 0 Å². The first-order valence-electron chi connectivity index (χ1n) is 13.6. The molecule has 0 radical (unpaired) electrons. The van der Waals surface area contributed by atoms with Gasteiger partial charge in [-0.25, -0.2) is 4.79 Å². The van der Waals surface area contributed by atoms with Crippen LogP contribution in [-0.2, 0) is 46.3 Å². The van der Waals surface area contributed by atoms with E-state index >= 15 is 0 Å². The lowest BCUT2D eigenvalue weighted by atomic mass is 9.84. The fourth-order valence-electron chi connectivity index (χ4n) is 5.79. The quantitative estimate of drug-likeness (QED) is 0.458. The number of aliphatic carboxylic acids is 1. The molecule has 39 heavy (non-hydrogen) atoms. The van der Waals surface area contributed by atoms with Gasteiger partial charge in [0.15, 0.2) is 11.6 Å². The van der Waals surface area contributed by atoms with E-state index in [0.717, 1.165) is 13.1 Å². The molecule has 6 atom stereocenters. The lowest BCUT2D eigenvalue weighted by Crippen LogP contribution is -2.63. The Morgan fingerprint density at radius 2 is 1.15 bits per heavy atom. The minimum Gasteiger partial charge on any atom is -0.480 e. The van der Waals surface area contributed by atoms with E-state index in [0.29, 0.717) is 13.2 Å². The van der Waals surface area contributed by atoms with E-state index in [4.69, 9.17) is 28.4 Å². The Bertz CT molecular complexity index is 1020. The van der Waals surface area contributed by atoms with E-state index in [1.807, 2.05) is 39.8 Å². The van der Waals surface area contributed by atoms with Gasteiger partial charge in [0.25, 0.3) is 0 Å². The van der Waals surface area contributed by atoms with Crippen molar-refractivity contribution < 1.29 is 38.3 Å². The zero-order chi connectivity index (χ0) is 27.6. The van der Waals surface area contributed by atoms with Crippen LogP contribution in [-0.4, -0.2) is 83.9 Å². The fourth-order valence-corrected chi connectivity index (χ4v) is 5.79.